The molecule has 0 saturated carbocycles. The summed E-state index contributed by atoms with van der Waals surface area (Å²) < 4.78 is 4.89. The molecule has 1 aromatic rings. The Morgan fingerprint density at radius 3 is 2.64 bits per heavy atom. The van der Waals surface area contributed by atoms with Crippen LogP contribution in [-0.2, 0) is 6.54 Å². The van der Waals surface area contributed by atoms with Crippen LogP contribution in [0.5, 0.6) is 0 Å². The number of hydrogen-bond donors (Lipinski definition) is 1. The minimum atomic E-state index is 0.866. The standard InChI is InChI=1S/C15H26N6O/c1-16-15(17-4-7-19-5-2-6-19)21-10-8-20(9-11-21)13-14-3-12-22-18-14/h3,12H,2,4-11,13H2,1H3,(H,16,17). The third kappa shape index (κ3) is 3.98. The third-order valence-electron chi connectivity index (χ3n) is 4.42. The lowest BCUT2D eigenvalue weighted by atomic mass is 10.2. The van der Waals surface area contributed by atoms with E-state index in [9.17, 15) is 0 Å². The summed E-state index contributed by atoms with van der Waals surface area (Å²) in [5.74, 6) is 1.03. The average Bonchev–Trinajstić information content (AvgIpc) is 3.00. The second kappa shape index (κ2) is 7.60. The van der Waals surface area contributed by atoms with E-state index in [0.29, 0.717) is 0 Å². The van der Waals surface area contributed by atoms with E-state index in [0.717, 1.165) is 57.5 Å². The molecule has 7 heteroatoms. The molecule has 0 aromatic carbocycles. The second-order valence-corrected chi connectivity index (χ2v) is 5.92. The fraction of sp³-hybridized carbons (Fsp3) is 0.733. The summed E-state index contributed by atoms with van der Waals surface area (Å²) in [4.78, 5) is 11.6. The van der Waals surface area contributed by atoms with E-state index in [1.165, 1.54) is 19.5 Å². The van der Waals surface area contributed by atoms with Gasteiger partial charge in [-0.05, 0) is 19.5 Å². The normalized spacial score (nSPS) is 21.0. The van der Waals surface area contributed by atoms with E-state index >= 15 is 0 Å². The van der Waals surface area contributed by atoms with Crippen molar-refractivity contribution in [1.29, 1.82) is 0 Å². The lowest BCUT2D eigenvalue weighted by Gasteiger charge is -2.36. The highest BCUT2D eigenvalue weighted by atomic mass is 16.5. The number of aromatic nitrogens is 1. The second-order valence-electron chi connectivity index (χ2n) is 5.92. The quantitative estimate of drug-likeness (QED) is 0.614. The van der Waals surface area contributed by atoms with E-state index in [1.54, 1.807) is 6.26 Å². The van der Waals surface area contributed by atoms with Crippen LogP contribution in [0.3, 0.4) is 0 Å². The first kappa shape index (κ1) is 15.3. The van der Waals surface area contributed by atoms with E-state index in [4.69, 9.17) is 4.52 Å². The molecule has 122 valence electrons. The van der Waals surface area contributed by atoms with E-state index < -0.39 is 0 Å². The summed E-state index contributed by atoms with van der Waals surface area (Å²) in [6, 6.07) is 1.93. The molecule has 0 aliphatic carbocycles. The Balaban J connectivity index is 1.38. The van der Waals surface area contributed by atoms with Crippen molar-refractivity contribution in [3.63, 3.8) is 0 Å². The largest absolute Gasteiger partial charge is 0.364 e. The van der Waals surface area contributed by atoms with Gasteiger partial charge >= 0.3 is 0 Å². The van der Waals surface area contributed by atoms with Crippen LogP contribution < -0.4 is 5.32 Å². The minimum Gasteiger partial charge on any atom is -0.364 e. The number of likely N-dealkylation sites (tertiary alicyclic amines) is 1. The predicted molar refractivity (Wildman–Crippen MR) is 85.8 cm³/mol. The van der Waals surface area contributed by atoms with Gasteiger partial charge in [0.2, 0.25) is 0 Å². The van der Waals surface area contributed by atoms with Gasteiger partial charge in [0.1, 0.15) is 6.26 Å². The zero-order valence-electron chi connectivity index (χ0n) is 13.4. The number of rotatable bonds is 5. The number of piperazine rings is 1. The monoisotopic (exact) mass is 306 g/mol. The lowest BCUT2D eigenvalue weighted by molar-refractivity contribution is 0.166. The maximum absolute atomic E-state index is 4.89. The molecule has 2 aliphatic rings. The van der Waals surface area contributed by atoms with Crippen LogP contribution in [0.2, 0.25) is 0 Å². The molecule has 7 nitrogen and oxygen atoms in total. The van der Waals surface area contributed by atoms with E-state index in [2.05, 4.69) is 30.2 Å². The highest BCUT2D eigenvalue weighted by molar-refractivity contribution is 5.80. The minimum absolute atomic E-state index is 0.866. The Morgan fingerprint density at radius 1 is 1.23 bits per heavy atom. The molecule has 2 aliphatic heterocycles. The van der Waals surface area contributed by atoms with Crippen molar-refractivity contribution in [3.05, 3.63) is 18.0 Å². The lowest BCUT2D eigenvalue weighted by Crippen LogP contribution is -2.53. The first-order valence-corrected chi connectivity index (χ1v) is 8.15. The van der Waals surface area contributed by atoms with Crippen molar-refractivity contribution in [2.24, 2.45) is 4.99 Å². The van der Waals surface area contributed by atoms with Crippen LogP contribution in [0.15, 0.2) is 21.8 Å². The van der Waals surface area contributed by atoms with Gasteiger partial charge in [-0.1, -0.05) is 5.16 Å². The fourth-order valence-corrected chi connectivity index (χ4v) is 2.93. The van der Waals surface area contributed by atoms with Gasteiger partial charge in [-0.15, -0.1) is 0 Å². The molecule has 1 N–H and O–H groups in total. The summed E-state index contributed by atoms with van der Waals surface area (Å²) >= 11 is 0. The molecule has 0 spiro atoms. The highest BCUT2D eigenvalue weighted by Gasteiger charge is 2.20. The van der Waals surface area contributed by atoms with Crippen LogP contribution in [0.25, 0.3) is 0 Å². The molecular formula is C15H26N6O. The molecule has 0 atom stereocenters. The Bertz CT molecular complexity index is 462. The van der Waals surface area contributed by atoms with Crippen molar-refractivity contribution in [2.45, 2.75) is 13.0 Å². The number of nitrogens with zero attached hydrogens (tertiary/aromatic N) is 5. The molecule has 0 unspecified atom stereocenters. The average molecular weight is 306 g/mol. The molecule has 0 radical (unpaired) electrons. The van der Waals surface area contributed by atoms with Crippen LogP contribution in [-0.4, -0.2) is 85.2 Å². The zero-order chi connectivity index (χ0) is 15.2. The third-order valence-corrected chi connectivity index (χ3v) is 4.42. The molecule has 22 heavy (non-hydrogen) atoms. The maximum atomic E-state index is 4.89. The van der Waals surface area contributed by atoms with Gasteiger partial charge in [-0.3, -0.25) is 9.89 Å². The highest BCUT2D eigenvalue weighted by Crippen LogP contribution is 2.07. The van der Waals surface area contributed by atoms with Gasteiger partial charge in [0.05, 0.1) is 5.69 Å². The zero-order valence-corrected chi connectivity index (χ0v) is 13.4. The van der Waals surface area contributed by atoms with Crippen molar-refractivity contribution in [2.75, 3.05) is 59.4 Å². The van der Waals surface area contributed by atoms with Crippen LogP contribution >= 0.6 is 0 Å². The Hall–Kier alpha value is -1.60. The van der Waals surface area contributed by atoms with Crippen molar-refractivity contribution in [1.82, 2.24) is 25.2 Å². The Labute approximate surface area is 131 Å². The number of hydrogen-bond acceptors (Lipinski definition) is 5. The number of nitrogens with one attached hydrogen (secondary N) is 1. The molecule has 2 fully saturated rings. The summed E-state index contributed by atoms with van der Waals surface area (Å²) in [6.45, 7) is 9.52. The number of guanidine groups is 1. The molecule has 0 bridgehead atoms. The Kier molecular flexibility index (Phi) is 5.29. The van der Waals surface area contributed by atoms with Gasteiger partial charge in [-0.25, -0.2) is 0 Å². The summed E-state index contributed by atoms with van der Waals surface area (Å²) in [7, 11) is 1.87. The van der Waals surface area contributed by atoms with Crippen LogP contribution in [0.1, 0.15) is 12.1 Å². The summed E-state index contributed by atoms with van der Waals surface area (Å²) in [6.07, 6.45) is 2.98. The number of aliphatic imine (C=N–C) groups is 1. The predicted octanol–water partition coefficient (Wildman–Crippen LogP) is 0.0733. The smallest absolute Gasteiger partial charge is 0.193 e. The fourth-order valence-electron chi connectivity index (χ4n) is 2.93. The van der Waals surface area contributed by atoms with Gasteiger partial charge in [0.15, 0.2) is 5.96 Å². The molecule has 2 saturated heterocycles. The molecule has 0 amide bonds. The van der Waals surface area contributed by atoms with E-state index in [-0.39, 0.29) is 0 Å². The SMILES string of the molecule is CN=C(NCCN1CCC1)N1CCN(Cc2ccon2)CC1. The van der Waals surface area contributed by atoms with Crippen LogP contribution in [0, 0.1) is 0 Å². The Morgan fingerprint density at radius 2 is 2.05 bits per heavy atom. The molecular weight excluding hydrogens is 280 g/mol. The van der Waals surface area contributed by atoms with Gasteiger partial charge in [0.25, 0.3) is 0 Å². The first-order chi connectivity index (χ1) is 10.8. The molecule has 3 rings (SSSR count). The van der Waals surface area contributed by atoms with Crippen LogP contribution in [0.4, 0.5) is 0 Å². The van der Waals surface area contributed by atoms with Gasteiger partial charge in [0, 0.05) is 58.9 Å². The van der Waals surface area contributed by atoms with Gasteiger partial charge < -0.3 is 19.6 Å². The first-order valence-electron chi connectivity index (χ1n) is 8.15. The van der Waals surface area contributed by atoms with Crippen molar-refractivity contribution >= 4 is 5.96 Å². The molecule has 3 heterocycles. The summed E-state index contributed by atoms with van der Waals surface area (Å²) in [5, 5.41) is 7.47. The van der Waals surface area contributed by atoms with E-state index in [1.807, 2.05) is 13.1 Å². The maximum Gasteiger partial charge on any atom is 0.193 e. The molecule has 1 aromatic heterocycles. The van der Waals surface area contributed by atoms with Gasteiger partial charge in [-0.2, -0.15) is 0 Å². The summed E-state index contributed by atoms with van der Waals surface area (Å²) in [5.41, 5.74) is 1.01. The van der Waals surface area contributed by atoms with Crippen molar-refractivity contribution < 1.29 is 4.52 Å². The van der Waals surface area contributed by atoms with Crippen molar-refractivity contribution in [3.8, 4) is 0 Å². The topological polar surface area (TPSA) is 60.1 Å².